The molecule has 0 saturated heterocycles. The van der Waals surface area contributed by atoms with Gasteiger partial charge in [-0.1, -0.05) is 0 Å². The topological polar surface area (TPSA) is 136 Å². The number of rotatable bonds is 5. The Morgan fingerprint density at radius 1 is 0.640 bits per heavy atom. The maximum absolute atomic E-state index is 9.40. The van der Waals surface area contributed by atoms with Crippen LogP contribution < -0.4 is 16.3 Å². The summed E-state index contributed by atoms with van der Waals surface area (Å²) in [5.41, 5.74) is 19.8. The first kappa shape index (κ1) is 16.4. The zero-order valence-electron chi connectivity index (χ0n) is 12.9. The van der Waals surface area contributed by atoms with Crippen molar-refractivity contribution in [3.8, 4) is 0 Å². The van der Waals surface area contributed by atoms with Crippen molar-refractivity contribution in [1.29, 1.82) is 0 Å². The molecule has 3 aromatic heterocycles. The molecule has 0 aliphatic heterocycles. The van der Waals surface area contributed by atoms with Crippen LogP contribution in [0.5, 0.6) is 0 Å². The van der Waals surface area contributed by atoms with Crippen LogP contribution in [0.3, 0.4) is 0 Å². The fraction of sp³-hybridized carbons (Fsp3) is 0. The van der Waals surface area contributed by atoms with Gasteiger partial charge in [0.1, 0.15) is 0 Å². The summed E-state index contributed by atoms with van der Waals surface area (Å²) >= 11 is 0. The maximum atomic E-state index is 9.40. The fourth-order valence-electron chi connectivity index (χ4n) is 2.61. The van der Waals surface area contributed by atoms with Crippen molar-refractivity contribution >= 4 is 23.2 Å². The van der Waals surface area contributed by atoms with E-state index >= 15 is 0 Å². The summed E-state index contributed by atoms with van der Waals surface area (Å²) in [6.07, 6.45) is 4.63. The van der Waals surface area contributed by atoms with Crippen molar-refractivity contribution in [3.05, 3.63) is 94.1 Å². The second-order valence-corrected chi connectivity index (χ2v) is 8.73. The van der Waals surface area contributed by atoms with Gasteiger partial charge in [0.05, 0.1) is 0 Å². The molecule has 0 radical (unpaired) electrons. The Balaban J connectivity index is 2.63. The Labute approximate surface area is 142 Å². The molecule has 0 aliphatic carbocycles. The molecular weight excluding hydrogens is 337 g/mol. The third-order valence-corrected chi connectivity index (χ3v) is 7.93. The van der Waals surface area contributed by atoms with E-state index in [-0.39, 0.29) is 0 Å². The number of pyridine rings is 3. The molecular formula is C15H12N9P. The molecule has 25 heavy (non-hydrogen) atoms. The molecule has 122 valence electrons. The molecule has 0 N–H and O–H groups in total. The molecule has 3 rings (SSSR count). The van der Waals surface area contributed by atoms with Gasteiger partial charge in [-0.2, -0.15) is 0 Å². The summed E-state index contributed by atoms with van der Waals surface area (Å²) in [5, 5.41) is 0. The summed E-state index contributed by atoms with van der Waals surface area (Å²) < 4.78 is 0. The molecule has 0 bridgehead atoms. The standard InChI is InChI=1S/C15H12N9P/c16-21-23-25(24-22-17,13-7-1-4-10-18-13,14-8-2-5-11-19-14)15-9-3-6-12-20-15/h1-12H. The van der Waals surface area contributed by atoms with Gasteiger partial charge in [-0.15, -0.1) is 0 Å². The monoisotopic (exact) mass is 349 g/mol. The molecule has 0 amide bonds. The van der Waals surface area contributed by atoms with Gasteiger partial charge in [-0.25, -0.2) is 0 Å². The number of hydrogen-bond donors (Lipinski definition) is 0. The van der Waals surface area contributed by atoms with Gasteiger partial charge in [-0.05, 0) is 0 Å². The zero-order valence-corrected chi connectivity index (χ0v) is 13.8. The molecule has 0 spiro atoms. The van der Waals surface area contributed by atoms with Crippen molar-refractivity contribution in [2.45, 2.75) is 0 Å². The van der Waals surface area contributed by atoms with E-state index in [1.54, 1.807) is 73.2 Å². The average molecular weight is 349 g/mol. The summed E-state index contributed by atoms with van der Waals surface area (Å²) in [5.74, 6) is 0. The van der Waals surface area contributed by atoms with Crippen LogP contribution in [0, 0.1) is 0 Å². The normalized spacial score (nSPS) is 12.1. The first-order chi connectivity index (χ1) is 12.3. The van der Waals surface area contributed by atoms with Gasteiger partial charge < -0.3 is 0 Å². The Bertz CT molecular complexity index is 844. The average Bonchev–Trinajstić information content (AvgIpc) is 2.70. The van der Waals surface area contributed by atoms with E-state index in [1.165, 1.54) is 0 Å². The van der Waals surface area contributed by atoms with E-state index in [0.717, 1.165) is 0 Å². The molecule has 0 atom stereocenters. The summed E-state index contributed by atoms with van der Waals surface area (Å²) in [4.78, 5) is 27.3. The van der Waals surface area contributed by atoms with Crippen molar-refractivity contribution in [3.63, 3.8) is 0 Å². The Morgan fingerprint density at radius 2 is 1.00 bits per heavy atom. The van der Waals surface area contributed by atoms with Gasteiger partial charge >= 0.3 is 142 Å². The van der Waals surface area contributed by atoms with E-state index in [9.17, 15) is 11.1 Å². The molecule has 3 aromatic rings. The second-order valence-electron chi connectivity index (χ2n) is 4.95. The van der Waals surface area contributed by atoms with E-state index in [4.69, 9.17) is 0 Å². The zero-order chi connectivity index (χ0) is 17.6. The predicted octanol–water partition coefficient (Wildman–Crippen LogP) is 3.15. The molecule has 0 aromatic carbocycles. The first-order valence-electron chi connectivity index (χ1n) is 7.18. The number of nitrogens with zero attached hydrogens (tertiary/aromatic N) is 9. The Morgan fingerprint density at radius 3 is 1.24 bits per heavy atom. The van der Waals surface area contributed by atoms with Crippen molar-refractivity contribution in [2.75, 3.05) is 0 Å². The molecule has 3 heterocycles. The third-order valence-electron chi connectivity index (χ3n) is 3.68. The second kappa shape index (κ2) is 6.55. The van der Waals surface area contributed by atoms with Gasteiger partial charge in [0.2, 0.25) is 0 Å². The van der Waals surface area contributed by atoms with Gasteiger partial charge in [-0.3, -0.25) is 0 Å². The van der Waals surface area contributed by atoms with Crippen molar-refractivity contribution < 1.29 is 0 Å². The van der Waals surface area contributed by atoms with Crippen LogP contribution >= 0.6 is 6.90 Å². The minimum atomic E-state index is -4.40. The van der Waals surface area contributed by atoms with Crippen LogP contribution in [0.2, 0.25) is 0 Å². The van der Waals surface area contributed by atoms with Crippen LogP contribution in [0.4, 0.5) is 0 Å². The van der Waals surface area contributed by atoms with Crippen molar-refractivity contribution in [2.24, 2.45) is 9.77 Å². The van der Waals surface area contributed by atoms with E-state index in [2.05, 4.69) is 34.5 Å². The molecule has 0 fully saturated rings. The van der Waals surface area contributed by atoms with Crippen molar-refractivity contribution in [1.82, 2.24) is 15.0 Å². The summed E-state index contributed by atoms with van der Waals surface area (Å²) in [6, 6.07) is 15.3. The van der Waals surface area contributed by atoms with E-state index in [0.29, 0.717) is 16.3 Å². The van der Waals surface area contributed by atoms with Gasteiger partial charge in [0, 0.05) is 0 Å². The van der Waals surface area contributed by atoms with Gasteiger partial charge in [0.15, 0.2) is 0 Å². The molecule has 0 saturated carbocycles. The Hall–Kier alpha value is -3.50. The molecule has 9 nitrogen and oxygen atoms in total. The predicted molar refractivity (Wildman–Crippen MR) is 96.8 cm³/mol. The first-order valence-corrected chi connectivity index (χ1v) is 9.32. The number of aromatic nitrogens is 3. The molecule has 0 aliphatic rings. The van der Waals surface area contributed by atoms with Crippen LogP contribution in [0.1, 0.15) is 0 Å². The van der Waals surface area contributed by atoms with Crippen LogP contribution in [0.15, 0.2) is 83.0 Å². The summed E-state index contributed by atoms with van der Waals surface area (Å²) in [7, 11) is 0. The number of hydrogen-bond acceptors (Lipinski definition) is 5. The fourth-order valence-corrected chi connectivity index (χ4v) is 6.18. The van der Waals surface area contributed by atoms with Crippen LogP contribution in [0.25, 0.3) is 20.9 Å². The minimum absolute atomic E-state index is 0.321. The van der Waals surface area contributed by atoms with E-state index in [1.807, 2.05) is 0 Å². The van der Waals surface area contributed by atoms with Crippen LogP contribution in [-0.4, -0.2) is 15.0 Å². The van der Waals surface area contributed by atoms with Gasteiger partial charge in [0.25, 0.3) is 0 Å². The van der Waals surface area contributed by atoms with E-state index < -0.39 is 6.90 Å². The number of azide groups is 1. The quantitative estimate of drug-likeness (QED) is 0.303. The van der Waals surface area contributed by atoms with Crippen LogP contribution in [-0.2, 0) is 0 Å². The summed E-state index contributed by atoms with van der Waals surface area (Å²) in [6.45, 7) is -4.40. The third kappa shape index (κ3) is 2.36. The SMILES string of the molecule is [N-]=[N+]=NP(N=[N+]=[N-])(c1ccccn1)(c1ccccn1)c1ccccn1. The Kier molecular flexibility index (Phi) is 4.29. The molecule has 10 heteroatoms. The molecule has 0 unspecified atom stereocenters.